The van der Waals surface area contributed by atoms with E-state index in [-0.39, 0.29) is 0 Å². The molecule has 0 spiro atoms. The summed E-state index contributed by atoms with van der Waals surface area (Å²) in [5.41, 5.74) is 0. The van der Waals surface area contributed by atoms with Crippen molar-refractivity contribution in [2.75, 3.05) is 6.61 Å². The molecule has 0 radical (unpaired) electrons. The summed E-state index contributed by atoms with van der Waals surface area (Å²) in [6.07, 6.45) is 3.88. The van der Waals surface area contributed by atoms with Crippen LogP contribution >= 0.6 is 0 Å². The second-order valence-electron chi connectivity index (χ2n) is 4.46. The van der Waals surface area contributed by atoms with E-state index in [1.165, 1.54) is 12.8 Å². The van der Waals surface area contributed by atoms with Crippen LogP contribution < -0.4 is 0 Å². The maximum absolute atomic E-state index is 8.64. The summed E-state index contributed by atoms with van der Waals surface area (Å²) >= 11 is 0. The van der Waals surface area contributed by atoms with Gasteiger partial charge in [-0.3, -0.25) is 0 Å². The van der Waals surface area contributed by atoms with E-state index in [0.29, 0.717) is 12.0 Å². The fraction of sp³-hybridized carbons (Fsp3) is 0.900. The second-order valence-corrected chi connectivity index (χ2v) is 4.46. The molecule has 2 nitrogen and oxygen atoms in total. The molecule has 1 aliphatic heterocycles. The first-order valence-electron chi connectivity index (χ1n) is 4.88. The molecule has 12 heavy (non-hydrogen) atoms. The molecule has 4 bridgehead atoms. The average Bonchev–Trinajstić information content (AvgIpc) is 2.70. The van der Waals surface area contributed by atoms with Crippen LogP contribution in [0, 0.1) is 35.0 Å². The van der Waals surface area contributed by atoms with Crippen molar-refractivity contribution < 1.29 is 4.74 Å². The van der Waals surface area contributed by atoms with E-state index < -0.39 is 0 Å². The molecule has 2 saturated carbocycles. The number of nitrogens with zero attached hydrogens (tertiary/aromatic N) is 1. The Morgan fingerprint density at radius 2 is 2.17 bits per heavy atom. The van der Waals surface area contributed by atoms with Gasteiger partial charge in [-0.1, -0.05) is 0 Å². The summed E-state index contributed by atoms with van der Waals surface area (Å²) in [5.74, 6) is 3.21. The Hall–Kier alpha value is -0.550. The van der Waals surface area contributed by atoms with Gasteiger partial charge in [0.1, 0.15) is 0 Å². The van der Waals surface area contributed by atoms with Crippen molar-refractivity contribution in [1.29, 1.82) is 5.26 Å². The van der Waals surface area contributed by atoms with Crippen LogP contribution in [0.4, 0.5) is 0 Å². The monoisotopic (exact) mass is 163 g/mol. The van der Waals surface area contributed by atoms with Crippen LogP contribution in [0.2, 0.25) is 0 Å². The highest BCUT2D eigenvalue weighted by molar-refractivity contribution is 5.06. The highest BCUT2D eigenvalue weighted by atomic mass is 16.5. The van der Waals surface area contributed by atoms with Crippen LogP contribution in [0.25, 0.3) is 0 Å². The van der Waals surface area contributed by atoms with Gasteiger partial charge in [0.25, 0.3) is 0 Å². The number of hydrogen-bond donors (Lipinski definition) is 0. The molecule has 0 aromatic carbocycles. The highest BCUT2D eigenvalue weighted by Gasteiger charge is 2.57. The number of rotatable bonds is 1. The lowest BCUT2D eigenvalue weighted by Gasteiger charge is -2.27. The lowest BCUT2D eigenvalue weighted by Crippen LogP contribution is -2.25. The van der Waals surface area contributed by atoms with Gasteiger partial charge in [-0.25, -0.2) is 0 Å². The summed E-state index contributed by atoms with van der Waals surface area (Å²) in [5, 5.41) is 8.64. The van der Waals surface area contributed by atoms with E-state index in [1.807, 2.05) is 0 Å². The highest BCUT2D eigenvalue weighted by Crippen LogP contribution is 2.58. The smallest absolute Gasteiger partial charge is 0.0624 e. The Labute approximate surface area is 72.5 Å². The molecule has 3 aliphatic rings. The molecule has 1 saturated heterocycles. The Morgan fingerprint density at radius 3 is 2.83 bits per heavy atom. The van der Waals surface area contributed by atoms with E-state index >= 15 is 0 Å². The van der Waals surface area contributed by atoms with Crippen molar-refractivity contribution in [3.8, 4) is 6.07 Å². The van der Waals surface area contributed by atoms with Gasteiger partial charge < -0.3 is 4.74 Å². The molecule has 1 heterocycles. The lowest BCUT2D eigenvalue weighted by molar-refractivity contribution is 0.0175. The molecule has 3 fully saturated rings. The van der Waals surface area contributed by atoms with E-state index in [0.717, 1.165) is 30.8 Å². The van der Waals surface area contributed by atoms with Crippen LogP contribution in [0.1, 0.15) is 19.3 Å². The first-order valence-corrected chi connectivity index (χ1v) is 4.88. The van der Waals surface area contributed by atoms with E-state index in [1.54, 1.807) is 0 Å². The second kappa shape index (κ2) is 2.23. The normalized spacial score (nSPS) is 54.4. The standard InChI is InChI=1S/C10H13NO/c11-2-1-6-3-8-9-5-12-10(8)4-7(6)9/h6-10H,1,3-5H2. The van der Waals surface area contributed by atoms with Crippen LogP contribution in [0.5, 0.6) is 0 Å². The molecule has 5 unspecified atom stereocenters. The van der Waals surface area contributed by atoms with Gasteiger partial charge in [0, 0.05) is 6.42 Å². The predicted molar refractivity (Wildman–Crippen MR) is 43.2 cm³/mol. The maximum atomic E-state index is 8.64. The van der Waals surface area contributed by atoms with Crippen molar-refractivity contribution in [3.63, 3.8) is 0 Å². The van der Waals surface area contributed by atoms with Crippen molar-refractivity contribution in [2.45, 2.75) is 25.4 Å². The van der Waals surface area contributed by atoms with Crippen LogP contribution in [-0.2, 0) is 4.74 Å². The fourth-order valence-electron chi connectivity index (χ4n) is 3.63. The number of nitriles is 1. The largest absolute Gasteiger partial charge is 0.378 e. The average molecular weight is 163 g/mol. The number of ether oxygens (including phenoxy) is 1. The number of hydrogen-bond acceptors (Lipinski definition) is 2. The fourth-order valence-corrected chi connectivity index (χ4v) is 3.63. The van der Waals surface area contributed by atoms with Gasteiger partial charge in [-0.15, -0.1) is 0 Å². The van der Waals surface area contributed by atoms with Crippen molar-refractivity contribution in [2.24, 2.45) is 23.7 Å². The summed E-state index contributed by atoms with van der Waals surface area (Å²) < 4.78 is 5.63. The summed E-state index contributed by atoms with van der Waals surface area (Å²) in [4.78, 5) is 0. The molecule has 0 amide bonds. The van der Waals surface area contributed by atoms with Crippen molar-refractivity contribution in [1.82, 2.24) is 0 Å². The molecule has 2 heteroatoms. The first kappa shape index (κ1) is 6.91. The first-order chi connectivity index (χ1) is 5.90. The summed E-state index contributed by atoms with van der Waals surface area (Å²) in [6, 6.07) is 2.31. The van der Waals surface area contributed by atoms with Gasteiger partial charge in [-0.2, -0.15) is 5.26 Å². The third kappa shape index (κ3) is 0.682. The predicted octanol–water partition coefficient (Wildman–Crippen LogP) is 1.57. The molecule has 0 aromatic rings. The van der Waals surface area contributed by atoms with Gasteiger partial charge in [0.05, 0.1) is 18.8 Å². The van der Waals surface area contributed by atoms with E-state index in [2.05, 4.69) is 6.07 Å². The zero-order valence-corrected chi connectivity index (χ0v) is 7.07. The van der Waals surface area contributed by atoms with Crippen LogP contribution in [-0.4, -0.2) is 12.7 Å². The summed E-state index contributed by atoms with van der Waals surface area (Å²) in [7, 11) is 0. The van der Waals surface area contributed by atoms with E-state index in [4.69, 9.17) is 10.00 Å². The van der Waals surface area contributed by atoms with E-state index in [9.17, 15) is 0 Å². The van der Waals surface area contributed by atoms with Crippen LogP contribution in [0.15, 0.2) is 0 Å². The van der Waals surface area contributed by atoms with Crippen molar-refractivity contribution in [3.05, 3.63) is 0 Å². The minimum Gasteiger partial charge on any atom is -0.378 e. The SMILES string of the molecule is N#CCC1CC2C3CC1C2CO3. The Bertz CT molecular complexity index is 245. The van der Waals surface area contributed by atoms with Crippen molar-refractivity contribution >= 4 is 0 Å². The van der Waals surface area contributed by atoms with Gasteiger partial charge in [0.15, 0.2) is 0 Å². The third-order valence-corrected chi connectivity index (χ3v) is 4.12. The third-order valence-electron chi connectivity index (χ3n) is 4.12. The maximum Gasteiger partial charge on any atom is 0.0624 e. The van der Waals surface area contributed by atoms with Crippen LogP contribution in [0.3, 0.4) is 0 Å². The Balaban J connectivity index is 1.80. The Morgan fingerprint density at radius 1 is 1.25 bits per heavy atom. The summed E-state index contributed by atoms with van der Waals surface area (Å²) in [6.45, 7) is 0.988. The molecular weight excluding hydrogens is 150 g/mol. The molecular formula is C10H13NO. The topological polar surface area (TPSA) is 33.0 Å². The molecule has 0 N–H and O–H groups in total. The zero-order chi connectivity index (χ0) is 8.13. The minimum absolute atomic E-state index is 0.579. The molecule has 5 atom stereocenters. The molecule has 64 valence electrons. The molecule has 0 aromatic heterocycles. The van der Waals surface area contributed by atoms with Gasteiger partial charge in [-0.05, 0) is 36.5 Å². The molecule has 3 rings (SSSR count). The molecule has 2 aliphatic carbocycles. The Kier molecular flexibility index (Phi) is 1.29. The minimum atomic E-state index is 0.579. The van der Waals surface area contributed by atoms with Gasteiger partial charge >= 0.3 is 0 Å². The van der Waals surface area contributed by atoms with Gasteiger partial charge in [0.2, 0.25) is 0 Å². The quantitative estimate of drug-likeness (QED) is 0.588. The lowest BCUT2D eigenvalue weighted by atomic mass is 9.84. The zero-order valence-electron chi connectivity index (χ0n) is 7.07.